The molecule has 3 rings (SSSR count). The summed E-state index contributed by atoms with van der Waals surface area (Å²) >= 11 is 0. The lowest BCUT2D eigenvalue weighted by Crippen LogP contribution is -2.12. The van der Waals surface area contributed by atoms with Gasteiger partial charge in [-0.2, -0.15) is 0 Å². The third kappa shape index (κ3) is 4.00. The third-order valence-electron chi connectivity index (χ3n) is 3.79. The Hall–Kier alpha value is -2.51. The van der Waals surface area contributed by atoms with E-state index in [-0.39, 0.29) is 4.90 Å². The van der Waals surface area contributed by atoms with Gasteiger partial charge in [0.1, 0.15) is 11.9 Å². The van der Waals surface area contributed by atoms with Crippen molar-refractivity contribution in [1.82, 2.24) is 0 Å². The van der Waals surface area contributed by atoms with Crippen molar-refractivity contribution in [2.45, 2.75) is 31.8 Å². The number of carbonyl (C=O) groups excluding carboxylic acids is 1. The van der Waals surface area contributed by atoms with Gasteiger partial charge >= 0.3 is 5.97 Å². The molecule has 0 amide bonds. The molecule has 0 saturated carbocycles. The molecule has 2 aromatic carbocycles. The highest BCUT2D eigenvalue weighted by atomic mass is 32.2. The van der Waals surface area contributed by atoms with Gasteiger partial charge in [-0.1, -0.05) is 38.1 Å². The number of primary sulfonamides is 1. The van der Waals surface area contributed by atoms with E-state index in [1.54, 1.807) is 19.1 Å². The molecular formula is C19H20FNO4S. The number of cyclic esters (lactones) is 1. The van der Waals surface area contributed by atoms with Crippen LogP contribution in [0.5, 0.6) is 0 Å². The summed E-state index contributed by atoms with van der Waals surface area (Å²) in [5.41, 5.74) is 2.13. The van der Waals surface area contributed by atoms with Crippen molar-refractivity contribution in [2.75, 3.05) is 0 Å². The highest BCUT2D eigenvalue weighted by Gasteiger charge is 2.33. The van der Waals surface area contributed by atoms with E-state index in [0.717, 1.165) is 0 Å². The fraction of sp³-hybridized carbons (Fsp3) is 0.211. The van der Waals surface area contributed by atoms with Crippen LogP contribution in [0.1, 0.15) is 31.9 Å². The minimum atomic E-state index is -3.79. The zero-order chi connectivity index (χ0) is 19.5. The first-order chi connectivity index (χ1) is 12.3. The van der Waals surface area contributed by atoms with Gasteiger partial charge in [-0.3, -0.25) is 0 Å². The number of benzene rings is 2. The van der Waals surface area contributed by atoms with E-state index in [1.807, 2.05) is 13.8 Å². The topological polar surface area (TPSA) is 86.5 Å². The lowest BCUT2D eigenvalue weighted by molar-refractivity contribution is -0.136. The van der Waals surface area contributed by atoms with Gasteiger partial charge in [0.25, 0.3) is 0 Å². The SMILES string of the molecule is CC.CC1OC(=O)C(c2ccc(F)cc2)=C1c1ccc(S(N)(=O)=O)cc1. The van der Waals surface area contributed by atoms with Gasteiger partial charge in [0, 0.05) is 5.57 Å². The molecule has 0 fully saturated rings. The highest BCUT2D eigenvalue weighted by molar-refractivity contribution is 7.89. The molecule has 0 bridgehead atoms. The van der Waals surface area contributed by atoms with Gasteiger partial charge in [0.15, 0.2) is 0 Å². The number of hydrogen-bond donors (Lipinski definition) is 1. The van der Waals surface area contributed by atoms with E-state index in [2.05, 4.69) is 0 Å². The number of ether oxygens (including phenoxy) is 1. The Bertz CT molecular complexity index is 933. The maximum absolute atomic E-state index is 13.1. The maximum atomic E-state index is 13.1. The van der Waals surface area contributed by atoms with Crippen molar-refractivity contribution in [2.24, 2.45) is 5.14 Å². The van der Waals surface area contributed by atoms with Gasteiger partial charge in [-0.05, 0) is 42.3 Å². The van der Waals surface area contributed by atoms with E-state index in [4.69, 9.17) is 9.88 Å². The fourth-order valence-electron chi connectivity index (χ4n) is 2.68. The smallest absolute Gasteiger partial charge is 0.339 e. The molecule has 1 atom stereocenters. The Kier molecular flexibility index (Phi) is 5.94. The first-order valence-electron chi connectivity index (χ1n) is 8.11. The summed E-state index contributed by atoms with van der Waals surface area (Å²) in [4.78, 5) is 12.2. The number of carbonyl (C=O) groups is 1. The Morgan fingerprint density at radius 2 is 1.46 bits per heavy atom. The number of esters is 1. The van der Waals surface area contributed by atoms with Gasteiger partial charge < -0.3 is 4.74 Å². The average Bonchev–Trinajstić information content (AvgIpc) is 2.91. The highest BCUT2D eigenvalue weighted by Crippen LogP contribution is 2.37. The van der Waals surface area contributed by atoms with Crippen molar-refractivity contribution in [3.8, 4) is 0 Å². The second-order valence-corrected chi connectivity index (χ2v) is 6.97. The number of hydrogen-bond acceptors (Lipinski definition) is 4. The number of halogens is 1. The quantitative estimate of drug-likeness (QED) is 0.831. The molecule has 0 aliphatic carbocycles. The summed E-state index contributed by atoms with van der Waals surface area (Å²) in [6.07, 6.45) is -0.502. The number of rotatable bonds is 3. The van der Waals surface area contributed by atoms with Crippen molar-refractivity contribution >= 4 is 27.1 Å². The maximum Gasteiger partial charge on any atom is 0.339 e. The first kappa shape index (κ1) is 19.8. The van der Waals surface area contributed by atoms with Crippen LogP contribution in [0.4, 0.5) is 4.39 Å². The second-order valence-electron chi connectivity index (χ2n) is 5.41. The van der Waals surface area contributed by atoms with Crippen LogP contribution in [0.3, 0.4) is 0 Å². The average molecular weight is 377 g/mol. The van der Waals surface area contributed by atoms with Gasteiger partial charge in [-0.25, -0.2) is 22.7 Å². The Balaban J connectivity index is 0.00000117. The van der Waals surface area contributed by atoms with Crippen molar-refractivity contribution in [1.29, 1.82) is 0 Å². The van der Waals surface area contributed by atoms with Gasteiger partial charge in [0.2, 0.25) is 10.0 Å². The van der Waals surface area contributed by atoms with Crippen LogP contribution < -0.4 is 5.14 Å². The molecule has 0 spiro atoms. The van der Waals surface area contributed by atoms with Crippen molar-refractivity contribution in [3.63, 3.8) is 0 Å². The van der Waals surface area contributed by atoms with Gasteiger partial charge in [-0.15, -0.1) is 0 Å². The summed E-state index contributed by atoms with van der Waals surface area (Å²) in [6, 6.07) is 11.4. The molecule has 1 aliphatic heterocycles. The molecule has 138 valence electrons. The Labute approximate surface area is 152 Å². The minimum Gasteiger partial charge on any atom is -0.454 e. The molecule has 5 nitrogen and oxygen atoms in total. The second kappa shape index (κ2) is 7.80. The number of sulfonamides is 1. The van der Waals surface area contributed by atoms with Crippen LogP contribution in [0.15, 0.2) is 53.4 Å². The molecule has 0 radical (unpaired) electrons. The predicted octanol–water partition coefficient (Wildman–Crippen LogP) is 3.36. The molecule has 7 heteroatoms. The number of nitrogens with two attached hydrogens (primary N) is 1. The molecule has 26 heavy (non-hydrogen) atoms. The van der Waals surface area contributed by atoms with Crippen LogP contribution >= 0.6 is 0 Å². The standard InChI is InChI=1S/C17H14FNO4S.C2H6/c1-10-15(11-4-8-14(9-5-11)24(19,21)22)16(17(20)23-10)12-2-6-13(18)7-3-12;1-2/h2-10H,1H3,(H2,19,21,22);1-2H3. The summed E-state index contributed by atoms with van der Waals surface area (Å²) in [5.74, 6) is -0.905. The van der Waals surface area contributed by atoms with E-state index in [0.29, 0.717) is 22.3 Å². The van der Waals surface area contributed by atoms with Gasteiger partial charge in [0.05, 0.1) is 10.5 Å². The molecule has 1 aliphatic rings. The fourth-order valence-corrected chi connectivity index (χ4v) is 3.20. The molecule has 0 aromatic heterocycles. The lowest BCUT2D eigenvalue weighted by atomic mass is 9.93. The van der Waals surface area contributed by atoms with Crippen LogP contribution in [-0.4, -0.2) is 20.5 Å². The van der Waals surface area contributed by atoms with Crippen molar-refractivity contribution in [3.05, 3.63) is 65.5 Å². The molecule has 1 heterocycles. The van der Waals surface area contributed by atoms with Crippen LogP contribution in [-0.2, 0) is 19.6 Å². The van der Waals surface area contributed by atoms with E-state index in [1.165, 1.54) is 36.4 Å². The van der Waals surface area contributed by atoms with Crippen LogP contribution in [0.2, 0.25) is 0 Å². The lowest BCUT2D eigenvalue weighted by Gasteiger charge is -2.10. The summed E-state index contributed by atoms with van der Waals surface area (Å²) in [5, 5.41) is 5.09. The summed E-state index contributed by atoms with van der Waals surface area (Å²) in [7, 11) is -3.79. The molecule has 0 saturated heterocycles. The minimum absolute atomic E-state index is 0.0203. The van der Waals surface area contributed by atoms with E-state index >= 15 is 0 Å². The van der Waals surface area contributed by atoms with E-state index in [9.17, 15) is 17.6 Å². The Morgan fingerprint density at radius 1 is 0.962 bits per heavy atom. The Morgan fingerprint density at radius 3 is 1.96 bits per heavy atom. The monoisotopic (exact) mass is 377 g/mol. The van der Waals surface area contributed by atoms with Crippen LogP contribution in [0, 0.1) is 5.82 Å². The molecular weight excluding hydrogens is 357 g/mol. The third-order valence-corrected chi connectivity index (χ3v) is 4.72. The van der Waals surface area contributed by atoms with E-state index < -0.39 is 27.9 Å². The van der Waals surface area contributed by atoms with Crippen LogP contribution in [0.25, 0.3) is 11.1 Å². The molecule has 2 N–H and O–H groups in total. The zero-order valence-electron chi connectivity index (χ0n) is 14.7. The zero-order valence-corrected chi connectivity index (χ0v) is 15.5. The summed E-state index contributed by atoms with van der Waals surface area (Å²) in [6.45, 7) is 5.72. The largest absolute Gasteiger partial charge is 0.454 e. The predicted molar refractivity (Wildman–Crippen MR) is 97.9 cm³/mol. The summed E-state index contributed by atoms with van der Waals surface area (Å²) < 4.78 is 41.1. The van der Waals surface area contributed by atoms with Crippen molar-refractivity contribution < 1.29 is 22.3 Å². The molecule has 1 unspecified atom stereocenters. The first-order valence-corrected chi connectivity index (χ1v) is 9.66. The molecule has 2 aromatic rings. The normalized spacial score (nSPS) is 16.8.